The lowest BCUT2D eigenvalue weighted by Gasteiger charge is -2.22. The molecule has 0 heterocycles. The van der Waals surface area contributed by atoms with Gasteiger partial charge in [-0.1, -0.05) is 69.9 Å². The van der Waals surface area contributed by atoms with Gasteiger partial charge in [0.25, 0.3) is 0 Å². The van der Waals surface area contributed by atoms with Crippen LogP contribution < -0.4 is 11.3 Å². The molecule has 2 nitrogen and oxygen atoms in total. The molecule has 19 heavy (non-hydrogen) atoms. The molecule has 0 aliphatic heterocycles. The molecule has 0 aromatic heterocycles. The van der Waals surface area contributed by atoms with E-state index in [2.05, 4.69) is 49.6 Å². The molecule has 0 aliphatic rings. The summed E-state index contributed by atoms with van der Waals surface area (Å²) in [5.41, 5.74) is 4.42. The first-order valence-corrected chi connectivity index (χ1v) is 7.80. The Bertz CT molecular complexity index is 310. The van der Waals surface area contributed by atoms with Gasteiger partial charge in [-0.15, -0.1) is 0 Å². The lowest BCUT2D eigenvalue weighted by atomic mass is 9.90. The summed E-state index contributed by atoms with van der Waals surface area (Å²) in [6, 6.07) is 11.1. The minimum absolute atomic E-state index is 0.446. The van der Waals surface area contributed by atoms with Gasteiger partial charge in [0, 0.05) is 6.04 Å². The van der Waals surface area contributed by atoms with Gasteiger partial charge in [0.05, 0.1) is 0 Å². The SMILES string of the molecule is CCCCC(CC)CC(CCc1ccccc1)NN. The molecule has 2 atom stereocenters. The maximum Gasteiger partial charge on any atom is 0.0216 e. The van der Waals surface area contributed by atoms with E-state index < -0.39 is 0 Å². The molecule has 0 spiro atoms. The number of hydrogen-bond donors (Lipinski definition) is 2. The van der Waals surface area contributed by atoms with E-state index in [9.17, 15) is 0 Å². The quantitative estimate of drug-likeness (QED) is 0.493. The van der Waals surface area contributed by atoms with E-state index in [4.69, 9.17) is 5.84 Å². The Balaban J connectivity index is 2.35. The zero-order valence-electron chi connectivity index (χ0n) is 12.6. The fourth-order valence-electron chi connectivity index (χ4n) is 2.64. The predicted molar refractivity (Wildman–Crippen MR) is 83.8 cm³/mol. The highest BCUT2D eigenvalue weighted by molar-refractivity contribution is 5.14. The van der Waals surface area contributed by atoms with Crippen molar-refractivity contribution in [2.24, 2.45) is 11.8 Å². The van der Waals surface area contributed by atoms with Crippen LogP contribution in [0.3, 0.4) is 0 Å². The van der Waals surface area contributed by atoms with E-state index >= 15 is 0 Å². The second kappa shape index (κ2) is 9.99. The van der Waals surface area contributed by atoms with Crippen molar-refractivity contribution in [1.82, 2.24) is 5.43 Å². The van der Waals surface area contributed by atoms with Crippen molar-refractivity contribution in [3.05, 3.63) is 35.9 Å². The van der Waals surface area contributed by atoms with Crippen molar-refractivity contribution in [3.63, 3.8) is 0 Å². The molecule has 0 saturated heterocycles. The number of hydrogen-bond acceptors (Lipinski definition) is 2. The molecule has 0 aliphatic carbocycles. The molecule has 0 amide bonds. The summed E-state index contributed by atoms with van der Waals surface area (Å²) in [6.07, 6.45) is 8.69. The third-order valence-electron chi connectivity index (χ3n) is 4.02. The summed E-state index contributed by atoms with van der Waals surface area (Å²) in [6.45, 7) is 4.56. The number of nitrogens with two attached hydrogens (primary N) is 1. The number of benzene rings is 1. The Morgan fingerprint density at radius 2 is 1.84 bits per heavy atom. The Hall–Kier alpha value is -0.860. The molecule has 1 rings (SSSR count). The maximum absolute atomic E-state index is 5.72. The van der Waals surface area contributed by atoms with Crippen molar-refractivity contribution < 1.29 is 0 Å². The Labute approximate surface area is 118 Å². The Morgan fingerprint density at radius 3 is 2.42 bits per heavy atom. The van der Waals surface area contributed by atoms with E-state index in [1.54, 1.807) is 0 Å². The van der Waals surface area contributed by atoms with Crippen LogP contribution in [0.5, 0.6) is 0 Å². The van der Waals surface area contributed by atoms with Gasteiger partial charge in [0.1, 0.15) is 0 Å². The molecule has 1 aromatic rings. The van der Waals surface area contributed by atoms with Crippen molar-refractivity contribution in [2.45, 2.75) is 64.8 Å². The predicted octanol–water partition coefficient (Wildman–Crippen LogP) is 4.06. The van der Waals surface area contributed by atoms with Crippen LogP contribution in [0.25, 0.3) is 0 Å². The number of hydrazine groups is 1. The monoisotopic (exact) mass is 262 g/mol. The zero-order chi connectivity index (χ0) is 13.9. The summed E-state index contributed by atoms with van der Waals surface area (Å²) < 4.78 is 0. The highest BCUT2D eigenvalue weighted by Gasteiger charge is 2.13. The molecule has 0 saturated carbocycles. The molecule has 108 valence electrons. The van der Waals surface area contributed by atoms with E-state index in [0.29, 0.717) is 6.04 Å². The Morgan fingerprint density at radius 1 is 1.11 bits per heavy atom. The molecule has 2 unspecified atom stereocenters. The third kappa shape index (κ3) is 6.74. The van der Waals surface area contributed by atoms with Gasteiger partial charge in [0.15, 0.2) is 0 Å². The van der Waals surface area contributed by atoms with Crippen LogP contribution in [0.15, 0.2) is 30.3 Å². The molecular weight excluding hydrogens is 232 g/mol. The van der Waals surface area contributed by atoms with Gasteiger partial charge in [-0.05, 0) is 30.7 Å². The van der Waals surface area contributed by atoms with E-state index in [0.717, 1.165) is 18.8 Å². The largest absolute Gasteiger partial charge is 0.271 e. The number of aryl methyl sites for hydroxylation is 1. The van der Waals surface area contributed by atoms with Crippen LogP contribution in [-0.4, -0.2) is 6.04 Å². The first-order valence-electron chi connectivity index (χ1n) is 7.80. The molecule has 3 N–H and O–H groups in total. The smallest absolute Gasteiger partial charge is 0.0216 e. The second-order valence-corrected chi connectivity index (χ2v) is 5.54. The minimum atomic E-state index is 0.446. The van der Waals surface area contributed by atoms with Crippen LogP contribution >= 0.6 is 0 Å². The highest BCUT2D eigenvalue weighted by Crippen LogP contribution is 2.20. The van der Waals surface area contributed by atoms with Crippen LogP contribution in [-0.2, 0) is 6.42 Å². The van der Waals surface area contributed by atoms with Crippen LogP contribution in [0.2, 0.25) is 0 Å². The van der Waals surface area contributed by atoms with Crippen LogP contribution in [0, 0.1) is 5.92 Å². The topological polar surface area (TPSA) is 38.0 Å². The van der Waals surface area contributed by atoms with Gasteiger partial charge >= 0.3 is 0 Å². The average Bonchev–Trinajstić information content (AvgIpc) is 2.47. The van der Waals surface area contributed by atoms with Crippen molar-refractivity contribution in [2.75, 3.05) is 0 Å². The standard InChI is InChI=1S/C17H30N2/c1-3-5-9-15(4-2)14-17(19-18)13-12-16-10-7-6-8-11-16/h6-8,10-11,15,17,19H,3-5,9,12-14,18H2,1-2H3. The second-order valence-electron chi connectivity index (χ2n) is 5.54. The minimum Gasteiger partial charge on any atom is -0.271 e. The third-order valence-corrected chi connectivity index (χ3v) is 4.02. The molecule has 2 heteroatoms. The van der Waals surface area contributed by atoms with Crippen molar-refractivity contribution in [3.8, 4) is 0 Å². The van der Waals surface area contributed by atoms with Gasteiger partial charge < -0.3 is 0 Å². The summed E-state index contributed by atoms with van der Waals surface area (Å²) in [7, 11) is 0. The maximum atomic E-state index is 5.72. The van der Waals surface area contributed by atoms with E-state index in [1.807, 2.05) is 0 Å². The summed E-state index contributed by atoms with van der Waals surface area (Å²) in [5, 5.41) is 0. The fourth-order valence-corrected chi connectivity index (χ4v) is 2.64. The molecule has 0 radical (unpaired) electrons. The lowest BCUT2D eigenvalue weighted by Crippen LogP contribution is -2.37. The average molecular weight is 262 g/mol. The highest BCUT2D eigenvalue weighted by atomic mass is 15.2. The number of nitrogens with one attached hydrogen (secondary N) is 1. The summed E-state index contributed by atoms with van der Waals surface area (Å²) in [4.78, 5) is 0. The summed E-state index contributed by atoms with van der Waals surface area (Å²) in [5.74, 6) is 6.54. The zero-order valence-corrected chi connectivity index (χ0v) is 12.6. The Kier molecular flexibility index (Phi) is 8.52. The van der Waals surface area contributed by atoms with E-state index in [1.165, 1.54) is 37.7 Å². The molecular formula is C17H30N2. The number of rotatable bonds is 10. The van der Waals surface area contributed by atoms with Crippen LogP contribution in [0.4, 0.5) is 0 Å². The van der Waals surface area contributed by atoms with Gasteiger partial charge in [-0.25, -0.2) is 0 Å². The number of unbranched alkanes of at least 4 members (excludes halogenated alkanes) is 1. The molecule has 1 aromatic carbocycles. The van der Waals surface area contributed by atoms with Crippen molar-refractivity contribution >= 4 is 0 Å². The van der Waals surface area contributed by atoms with Crippen molar-refractivity contribution in [1.29, 1.82) is 0 Å². The van der Waals surface area contributed by atoms with Gasteiger partial charge in [0.2, 0.25) is 0 Å². The first kappa shape index (κ1) is 16.2. The summed E-state index contributed by atoms with van der Waals surface area (Å²) >= 11 is 0. The normalized spacial score (nSPS) is 14.3. The first-order chi connectivity index (χ1) is 9.30. The van der Waals surface area contributed by atoms with E-state index in [-0.39, 0.29) is 0 Å². The van der Waals surface area contributed by atoms with Gasteiger partial charge in [-0.2, -0.15) is 0 Å². The fraction of sp³-hybridized carbons (Fsp3) is 0.647. The van der Waals surface area contributed by atoms with Crippen LogP contribution in [0.1, 0.15) is 57.9 Å². The van der Waals surface area contributed by atoms with Gasteiger partial charge in [-0.3, -0.25) is 11.3 Å². The molecule has 0 bridgehead atoms. The lowest BCUT2D eigenvalue weighted by molar-refractivity contribution is 0.340. The molecule has 0 fully saturated rings.